The molecule has 124 valence electrons. The van der Waals surface area contributed by atoms with E-state index in [4.69, 9.17) is 0 Å². The molecule has 3 aromatic rings. The molecule has 0 saturated carbocycles. The number of nitrogens with zero attached hydrogens (tertiary/aromatic N) is 2. The Bertz CT molecular complexity index is 942. The van der Waals surface area contributed by atoms with Crippen molar-refractivity contribution >= 4 is 11.6 Å². The van der Waals surface area contributed by atoms with E-state index < -0.39 is 0 Å². The Hall–Kier alpha value is -3.12. The van der Waals surface area contributed by atoms with Crippen molar-refractivity contribution in [3.63, 3.8) is 0 Å². The van der Waals surface area contributed by atoms with Gasteiger partial charge in [-0.1, -0.05) is 42.5 Å². The van der Waals surface area contributed by atoms with Gasteiger partial charge in [-0.3, -0.25) is 0 Å². The topological polar surface area (TPSA) is 28.7 Å². The molecule has 0 atom stereocenters. The molecule has 0 aliphatic heterocycles. The molecule has 2 nitrogen and oxygen atoms in total. The van der Waals surface area contributed by atoms with Crippen molar-refractivity contribution in [1.29, 1.82) is 5.26 Å². The van der Waals surface area contributed by atoms with Gasteiger partial charge in [-0.05, 0) is 54.8 Å². The summed E-state index contributed by atoms with van der Waals surface area (Å²) in [6, 6.07) is 20.6. The van der Waals surface area contributed by atoms with Gasteiger partial charge in [-0.25, -0.2) is 4.39 Å². The van der Waals surface area contributed by atoms with Gasteiger partial charge in [-0.2, -0.15) is 5.26 Å². The van der Waals surface area contributed by atoms with E-state index in [1.807, 2.05) is 24.3 Å². The van der Waals surface area contributed by atoms with Crippen LogP contribution in [-0.2, 0) is 6.54 Å². The highest BCUT2D eigenvalue weighted by molar-refractivity contribution is 5.90. The lowest BCUT2D eigenvalue weighted by Gasteiger charge is -2.09. The molecule has 1 aromatic heterocycles. The maximum atomic E-state index is 13.1. The molecule has 0 amide bonds. The van der Waals surface area contributed by atoms with Crippen molar-refractivity contribution < 1.29 is 4.39 Å². The maximum Gasteiger partial charge on any atom is 0.123 e. The normalized spacial score (nSPS) is 11.4. The molecule has 0 bridgehead atoms. The molecule has 0 fully saturated rings. The van der Waals surface area contributed by atoms with Crippen molar-refractivity contribution in [2.75, 3.05) is 0 Å². The lowest BCUT2D eigenvalue weighted by molar-refractivity contribution is 0.627. The van der Waals surface area contributed by atoms with Gasteiger partial charge in [0.2, 0.25) is 0 Å². The predicted molar refractivity (Wildman–Crippen MR) is 99.3 cm³/mol. The van der Waals surface area contributed by atoms with E-state index in [0.29, 0.717) is 5.57 Å². The molecule has 0 spiro atoms. The van der Waals surface area contributed by atoms with Gasteiger partial charge in [-0.15, -0.1) is 0 Å². The zero-order valence-corrected chi connectivity index (χ0v) is 14.3. The van der Waals surface area contributed by atoms with Crippen molar-refractivity contribution in [1.82, 2.24) is 4.57 Å². The quantitative estimate of drug-likeness (QED) is 0.592. The van der Waals surface area contributed by atoms with Crippen LogP contribution in [0, 0.1) is 31.0 Å². The second-order valence-corrected chi connectivity index (χ2v) is 6.07. The molecule has 3 heteroatoms. The van der Waals surface area contributed by atoms with E-state index in [2.05, 4.69) is 42.7 Å². The van der Waals surface area contributed by atoms with E-state index >= 15 is 0 Å². The van der Waals surface area contributed by atoms with Gasteiger partial charge in [0.15, 0.2) is 0 Å². The minimum Gasteiger partial charge on any atom is -0.344 e. The third-order valence-electron chi connectivity index (χ3n) is 4.37. The Morgan fingerprint density at radius 3 is 2.40 bits per heavy atom. The zero-order valence-electron chi connectivity index (χ0n) is 14.3. The number of benzene rings is 2. The van der Waals surface area contributed by atoms with Crippen LogP contribution in [-0.4, -0.2) is 4.57 Å². The SMILES string of the molecule is Cc1cc(/C=C(/C#N)c2ccc(F)cc2)c(C)n1Cc1ccccc1. The number of hydrogen-bond donors (Lipinski definition) is 0. The summed E-state index contributed by atoms with van der Waals surface area (Å²) >= 11 is 0. The summed E-state index contributed by atoms with van der Waals surface area (Å²) in [6.45, 7) is 4.92. The minimum absolute atomic E-state index is 0.304. The van der Waals surface area contributed by atoms with Crippen molar-refractivity contribution in [3.05, 3.63) is 94.6 Å². The molecule has 0 aliphatic rings. The molecule has 0 aliphatic carbocycles. The van der Waals surface area contributed by atoms with Crippen LogP contribution in [0.4, 0.5) is 4.39 Å². The monoisotopic (exact) mass is 330 g/mol. The van der Waals surface area contributed by atoms with Crippen LogP contribution in [0.1, 0.15) is 28.1 Å². The first kappa shape index (κ1) is 16.7. The minimum atomic E-state index is -0.304. The second-order valence-electron chi connectivity index (χ2n) is 6.07. The molecule has 0 N–H and O–H groups in total. The van der Waals surface area contributed by atoms with Gasteiger partial charge >= 0.3 is 0 Å². The average molecular weight is 330 g/mol. The fourth-order valence-electron chi connectivity index (χ4n) is 2.95. The molecule has 1 heterocycles. The largest absolute Gasteiger partial charge is 0.344 e. The molecular formula is C22H19FN2. The van der Waals surface area contributed by atoms with E-state index in [9.17, 15) is 9.65 Å². The second kappa shape index (κ2) is 7.19. The Kier molecular flexibility index (Phi) is 4.81. The van der Waals surface area contributed by atoms with Crippen molar-refractivity contribution in [2.24, 2.45) is 0 Å². The van der Waals surface area contributed by atoms with Gasteiger partial charge in [0, 0.05) is 17.9 Å². The zero-order chi connectivity index (χ0) is 17.8. The summed E-state index contributed by atoms with van der Waals surface area (Å²) in [6.07, 6.45) is 1.87. The molecule has 0 radical (unpaired) electrons. The van der Waals surface area contributed by atoms with Gasteiger partial charge < -0.3 is 4.57 Å². The van der Waals surface area contributed by atoms with Crippen LogP contribution in [0.5, 0.6) is 0 Å². The standard InChI is InChI=1S/C22H19FN2/c1-16-12-20(13-21(14-24)19-8-10-22(23)11-9-19)17(2)25(16)15-18-6-4-3-5-7-18/h3-13H,15H2,1-2H3/b21-13-. The highest BCUT2D eigenvalue weighted by Gasteiger charge is 2.10. The molecule has 0 saturated heterocycles. The van der Waals surface area contributed by atoms with Gasteiger partial charge in [0.1, 0.15) is 5.82 Å². The summed E-state index contributed by atoms with van der Waals surface area (Å²) in [4.78, 5) is 0. The summed E-state index contributed by atoms with van der Waals surface area (Å²) in [5.74, 6) is -0.304. The Morgan fingerprint density at radius 2 is 1.76 bits per heavy atom. The van der Waals surface area contributed by atoms with Crippen LogP contribution in [0.2, 0.25) is 0 Å². The number of aryl methyl sites for hydroxylation is 1. The number of aromatic nitrogens is 1. The number of nitriles is 1. The Balaban J connectivity index is 1.96. The molecule has 0 unspecified atom stereocenters. The van der Waals surface area contributed by atoms with E-state index in [0.717, 1.165) is 29.1 Å². The van der Waals surface area contributed by atoms with Crippen LogP contribution < -0.4 is 0 Å². The predicted octanol–water partition coefficient (Wildman–Crippen LogP) is 5.36. The van der Waals surface area contributed by atoms with Crippen molar-refractivity contribution in [2.45, 2.75) is 20.4 Å². The van der Waals surface area contributed by atoms with Crippen LogP contribution in [0.25, 0.3) is 11.6 Å². The first-order valence-electron chi connectivity index (χ1n) is 8.17. The smallest absolute Gasteiger partial charge is 0.123 e. The fourth-order valence-corrected chi connectivity index (χ4v) is 2.95. The first-order chi connectivity index (χ1) is 12.1. The lowest BCUT2D eigenvalue weighted by Crippen LogP contribution is -2.03. The van der Waals surface area contributed by atoms with E-state index in [1.54, 1.807) is 12.1 Å². The highest BCUT2D eigenvalue weighted by Crippen LogP contribution is 2.23. The highest BCUT2D eigenvalue weighted by atomic mass is 19.1. The first-order valence-corrected chi connectivity index (χ1v) is 8.17. The number of rotatable bonds is 4. The lowest BCUT2D eigenvalue weighted by atomic mass is 10.0. The summed E-state index contributed by atoms with van der Waals surface area (Å²) < 4.78 is 15.3. The third-order valence-corrected chi connectivity index (χ3v) is 4.37. The van der Waals surface area contributed by atoms with Gasteiger partial charge in [0.05, 0.1) is 11.6 Å². The summed E-state index contributed by atoms with van der Waals surface area (Å²) in [5, 5.41) is 9.49. The third kappa shape index (κ3) is 3.70. The molecule has 3 rings (SSSR count). The summed E-state index contributed by atoms with van der Waals surface area (Å²) in [5.41, 5.74) is 5.74. The molecule has 2 aromatic carbocycles. The number of halogens is 1. The van der Waals surface area contributed by atoms with E-state index in [-0.39, 0.29) is 5.82 Å². The van der Waals surface area contributed by atoms with Crippen LogP contribution in [0.3, 0.4) is 0 Å². The fraction of sp³-hybridized carbons (Fsp3) is 0.136. The van der Waals surface area contributed by atoms with Crippen LogP contribution in [0.15, 0.2) is 60.7 Å². The maximum absolute atomic E-state index is 13.1. The van der Waals surface area contributed by atoms with E-state index in [1.165, 1.54) is 17.7 Å². The van der Waals surface area contributed by atoms with Crippen molar-refractivity contribution in [3.8, 4) is 6.07 Å². The van der Waals surface area contributed by atoms with Crippen LogP contribution >= 0.6 is 0 Å². The number of allylic oxidation sites excluding steroid dienone is 1. The average Bonchev–Trinajstić information content (AvgIpc) is 2.89. The Labute approximate surface area is 147 Å². The summed E-state index contributed by atoms with van der Waals surface area (Å²) in [7, 11) is 0. The molecule has 25 heavy (non-hydrogen) atoms. The van der Waals surface area contributed by atoms with Gasteiger partial charge in [0.25, 0.3) is 0 Å². The number of hydrogen-bond acceptors (Lipinski definition) is 1. The molecular weight excluding hydrogens is 311 g/mol. The Morgan fingerprint density at radius 1 is 1.08 bits per heavy atom.